The van der Waals surface area contributed by atoms with Gasteiger partial charge in [0.2, 0.25) is 0 Å². The lowest BCUT2D eigenvalue weighted by Crippen LogP contribution is -2.48. The minimum Gasteiger partial charge on any atom is -0.444 e. The molecule has 0 radical (unpaired) electrons. The Bertz CT molecular complexity index is 883. The zero-order valence-corrected chi connectivity index (χ0v) is 16.5. The summed E-state index contributed by atoms with van der Waals surface area (Å²) in [5, 5.41) is 3.29. The van der Waals surface area contributed by atoms with E-state index in [0.717, 1.165) is 49.4 Å². The van der Waals surface area contributed by atoms with E-state index in [1.165, 1.54) is 11.0 Å². The fourth-order valence-electron chi connectivity index (χ4n) is 4.12. The maximum absolute atomic E-state index is 13.4. The molecule has 1 N–H and O–H groups in total. The van der Waals surface area contributed by atoms with Crippen molar-refractivity contribution in [2.75, 3.05) is 37.6 Å². The number of alkyl halides is 3. The van der Waals surface area contributed by atoms with Crippen LogP contribution >= 0.6 is 0 Å². The summed E-state index contributed by atoms with van der Waals surface area (Å²) in [6.45, 7) is 3.72. The lowest BCUT2D eigenvalue weighted by atomic mass is 9.93. The smallest absolute Gasteiger partial charge is 0.416 e. The molecule has 2 aromatic rings. The van der Waals surface area contributed by atoms with Crippen LogP contribution in [0.15, 0.2) is 48.5 Å². The minimum atomic E-state index is -4.48. The summed E-state index contributed by atoms with van der Waals surface area (Å²) in [5.74, 6) is 0. The molecular weight excluding hydrogens is 395 g/mol. The van der Waals surface area contributed by atoms with Crippen LogP contribution in [-0.2, 0) is 17.5 Å². The molecule has 2 aliphatic rings. The SMILES string of the molecule is O=C(OCc1ccccc1)N1CCC(N2CCNCC2)c2ccc(C(F)(F)F)cc21. The maximum Gasteiger partial charge on any atom is 0.416 e. The summed E-state index contributed by atoms with van der Waals surface area (Å²) in [6, 6.07) is 12.9. The monoisotopic (exact) mass is 419 g/mol. The largest absolute Gasteiger partial charge is 0.444 e. The van der Waals surface area contributed by atoms with E-state index in [0.29, 0.717) is 13.0 Å². The highest BCUT2D eigenvalue weighted by Crippen LogP contribution is 2.41. The van der Waals surface area contributed by atoms with Crippen LogP contribution in [0.5, 0.6) is 0 Å². The van der Waals surface area contributed by atoms with Crippen LogP contribution in [0, 0.1) is 0 Å². The number of piperazine rings is 1. The Labute approximate surface area is 173 Å². The van der Waals surface area contributed by atoms with Crippen molar-refractivity contribution in [1.29, 1.82) is 0 Å². The predicted molar refractivity (Wildman–Crippen MR) is 107 cm³/mol. The third kappa shape index (κ3) is 4.44. The summed E-state index contributed by atoms with van der Waals surface area (Å²) < 4.78 is 45.5. The Hall–Kier alpha value is -2.58. The summed E-state index contributed by atoms with van der Waals surface area (Å²) in [6.07, 6.45) is -4.45. The zero-order chi connectivity index (χ0) is 21.1. The Morgan fingerprint density at radius 3 is 2.50 bits per heavy atom. The first-order valence-electron chi connectivity index (χ1n) is 10.1. The van der Waals surface area contributed by atoms with Gasteiger partial charge in [-0.3, -0.25) is 9.80 Å². The molecule has 2 aliphatic heterocycles. The van der Waals surface area contributed by atoms with Gasteiger partial charge in [-0.1, -0.05) is 36.4 Å². The molecule has 4 rings (SSSR count). The number of halogens is 3. The molecule has 0 saturated carbocycles. The number of amides is 1. The first-order chi connectivity index (χ1) is 14.4. The Morgan fingerprint density at radius 1 is 1.07 bits per heavy atom. The molecule has 5 nitrogen and oxygen atoms in total. The van der Waals surface area contributed by atoms with E-state index in [1.807, 2.05) is 30.3 Å². The highest BCUT2D eigenvalue weighted by Gasteiger charge is 2.37. The number of carbonyl (C=O) groups is 1. The summed E-state index contributed by atoms with van der Waals surface area (Å²) in [7, 11) is 0. The molecule has 1 saturated heterocycles. The van der Waals surface area contributed by atoms with Crippen molar-refractivity contribution in [2.24, 2.45) is 0 Å². The fourth-order valence-corrected chi connectivity index (χ4v) is 4.12. The van der Waals surface area contributed by atoms with Crippen molar-refractivity contribution < 1.29 is 22.7 Å². The van der Waals surface area contributed by atoms with Crippen LogP contribution in [0.3, 0.4) is 0 Å². The highest BCUT2D eigenvalue weighted by atomic mass is 19.4. The lowest BCUT2D eigenvalue weighted by Gasteiger charge is -2.41. The number of hydrogen-bond acceptors (Lipinski definition) is 4. The van der Waals surface area contributed by atoms with Crippen LogP contribution in [0.1, 0.15) is 29.2 Å². The van der Waals surface area contributed by atoms with Crippen molar-refractivity contribution in [3.05, 3.63) is 65.2 Å². The molecule has 0 spiro atoms. The summed E-state index contributed by atoms with van der Waals surface area (Å²) in [5.41, 5.74) is 1.10. The van der Waals surface area contributed by atoms with Crippen molar-refractivity contribution in [1.82, 2.24) is 10.2 Å². The second kappa shape index (κ2) is 8.65. The third-order valence-corrected chi connectivity index (χ3v) is 5.65. The molecule has 0 aromatic heterocycles. The number of anilines is 1. The van der Waals surface area contributed by atoms with Gasteiger partial charge in [-0.25, -0.2) is 4.79 Å². The number of fused-ring (bicyclic) bond motifs is 1. The van der Waals surface area contributed by atoms with Gasteiger partial charge in [-0.05, 0) is 29.7 Å². The second-order valence-corrected chi connectivity index (χ2v) is 7.55. The number of ether oxygens (including phenoxy) is 1. The Morgan fingerprint density at radius 2 is 1.80 bits per heavy atom. The first-order valence-corrected chi connectivity index (χ1v) is 10.1. The van der Waals surface area contributed by atoms with Gasteiger partial charge in [-0.15, -0.1) is 0 Å². The predicted octanol–water partition coefficient (Wildman–Crippen LogP) is 4.20. The molecule has 2 aromatic carbocycles. The molecule has 160 valence electrons. The van der Waals surface area contributed by atoms with Gasteiger partial charge >= 0.3 is 12.3 Å². The number of rotatable bonds is 3. The van der Waals surface area contributed by atoms with Crippen molar-refractivity contribution in [3.63, 3.8) is 0 Å². The van der Waals surface area contributed by atoms with Crippen LogP contribution < -0.4 is 10.2 Å². The van der Waals surface area contributed by atoms with Gasteiger partial charge in [0.05, 0.1) is 11.3 Å². The highest BCUT2D eigenvalue weighted by molar-refractivity contribution is 5.89. The van der Waals surface area contributed by atoms with Gasteiger partial charge in [0.25, 0.3) is 0 Å². The molecule has 1 amide bonds. The number of hydrogen-bond donors (Lipinski definition) is 1. The molecule has 1 atom stereocenters. The molecule has 8 heteroatoms. The van der Waals surface area contributed by atoms with Crippen LogP contribution in [0.4, 0.5) is 23.7 Å². The topological polar surface area (TPSA) is 44.8 Å². The van der Waals surface area contributed by atoms with Crippen LogP contribution in [0.25, 0.3) is 0 Å². The number of nitrogens with zero attached hydrogens (tertiary/aromatic N) is 2. The fraction of sp³-hybridized carbons (Fsp3) is 0.409. The Balaban J connectivity index is 1.60. The molecular formula is C22H24F3N3O2. The van der Waals surface area contributed by atoms with E-state index >= 15 is 0 Å². The van der Waals surface area contributed by atoms with E-state index in [1.54, 1.807) is 0 Å². The first kappa shape index (κ1) is 20.7. The molecule has 0 aliphatic carbocycles. The molecule has 0 bridgehead atoms. The molecule has 2 heterocycles. The minimum absolute atomic E-state index is 0.0115. The van der Waals surface area contributed by atoms with Gasteiger partial charge < -0.3 is 10.1 Å². The number of nitrogens with one attached hydrogen (secondary N) is 1. The lowest BCUT2D eigenvalue weighted by molar-refractivity contribution is -0.137. The van der Waals surface area contributed by atoms with Crippen molar-refractivity contribution in [2.45, 2.75) is 25.2 Å². The van der Waals surface area contributed by atoms with Gasteiger partial charge in [0.15, 0.2) is 0 Å². The number of carbonyl (C=O) groups excluding carboxylic acids is 1. The second-order valence-electron chi connectivity index (χ2n) is 7.55. The summed E-state index contributed by atoms with van der Waals surface area (Å²) in [4.78, 5) is 16.4. The normalized spacial score (nSPS) is 20.0. The average molecular weight is 419 g/mol. The van der Waals surface area contributed by atoms with Crippen molar-refractivity contribution >= 4 is 11.8 Å². The Kier molecular flexibility index (Phi) is 5.97. The van der Waals surface area contributed by atoms with Crippen molar-refractivity contribution in [3.8, 4) is 0 Å². The van der Waals surface area contributed by atoms with Gasteiger partial charge in [-0.2, -0.15) is 13.2 Å². The van der Waals surface area contributed by atoms with E-state index < -0.39 is 17.8 Å². The van der Waals surface area contributed by atoms with E-state index in [4.69, 9.17) is 4.74 Å². The third-order valence-electron chi connectivity index (χ3n) is 5.65. The zero-order valence-electron chi connectivity index (χ0n) is 16.5. The molecule has 1 fully saturated rings. The van der Waals surface area contributed by atoms with Crippen LogP contribution in [0.2, 0.25) is 0 Å². The molecule has 30 heavy (non-hydrogen) atoms. The maximum atomic E-state index is 13.4. The van der Waals surface area contributed by atoms with Gasteiger partial charge in [0, 0.05) is 38.8 Å². The van der Waals surface area contributed by atoms with Crippen LogP contribution in [-0.4, -0.2) is 43.7 Å². The molecule has 1 unspecified atom stereocenters. The summed E-state index contributed by atoms with van der Waals surface area (Å²) >= 11 is 0. The van der Waals surface area contributed by atoms with Gasteiger partial charge in [0.1, 0.15) is 6.61 Å². The standard InChI is InChI=1S/C22H24F3N3O2/c23-22(24,25)17-6-7-18-19(27-12-9-26-10-13-27)8-11-28(20(18)14-17)21(29)30-15-16-4-2-1-3-5-16/h1-7,14,19,26H,8-13,15H2. The van der Waals surface area contributed by atoms with E-state index in [-0.39, 0.29) is 18.3 Å². The van der Waals surface area contributed by atoms with E-state index in [2.05, 4.69) is 10.2 Å². The quantitative estimate of drug-likeness (QED) is 0.810. The average Bonchev–Trinajstić information content (AvgIpc) is 2.77. The van der Waals surface area contributed by atoms with E-state index in [9.17, 15) is 18.0 Å². The number of benzene rings is 2.